The third-order valence-electron chi connectivity index (χ3n) is 5.93. The molecule has 0 heterocycles. The maximum atomic E-state index is 2.24. The summed E-state index contributed by atoms with van der Waals surface area (Å²) in [6, 6.07) is 32.2. The molecule has 0 spiro atoms. The highest BCUT2D eigenvalue weighted by molar-refractivity contribution is 5.79. The molecular formula is C33H30. The molecule has 0 bridgehead atoms. The summed E-state index contributed by atoms with van der Waals surface area (Å²) in [4.78, 5) is 0. The van der Waals surface area contributed by atoms with Crippen molar-refractivity contribution < 1.29 is 0 Å². The van der Waals surface area contributed by atoms with Gasteiger partial charge in [-0.1, -0.05) is 109 Å². The largest absolute Gasteiger partial charge is 0.0620 e. The highest BCUT2D eigenvalue weighted by Crippen LogP contribution is 2.20. The second-order valence-corrected chi connectivity index (χ2v) is 8.50. The van der Waals surface area contributed by atoms with Crippen LogP contribution in [0.2, 0.25) is 0 Å². The van der Waals surface area contributed by atoms with Gasteiger partial charge in [-0.05, 0) is 89.0 Å². The van der Waals surface area contributed by atoms with Crippen molar-refractivity contribution in [2.45, 2.75) is 20.8 Å². The molecular weight excluding hydrogens is 396 g/mol. The molecule has 0 fully saturated rings. The third-order valence-corrected chi connectivity index (χ3v) is 5.93. The first kappa shape index (κ1) is 22.3. The number of hydrogen-bond donors (Lipinski definition) is 0. The second-order valence-electron chi connectivity index (χ2n) is 8.50. The van der Waals surface area contributed by atoms with Gasteiger partial charge in [-0.25, -0.2) is 0 Å². The summed E-state index contributed by atoms with van der Waals surface area (Å²) in [5.74, 6) is 0. The molecule has 0 saturated carbocycles. The predicted octanol–water partition coefficient (Wildman–Crippen LogP) is 9.12. The van der Waals surface area contributed by atoms with Crippen LogP contribution in [0.25, 0.3) is 36.5 Å². The van der Waals surface area contributed by atoms with Crippen LogP contribution in [-0.4, -0.2) is 0 Å². The van der Waals surface area contributed by atoms with E-state index in [1.54, 1.807) is 0 Å². The smallest absolute Gasteiger partial charge is 0.0227 e. The van der Waals surface area contributed by atoms with E-state index in [1.165, 1.54) is 50.1 Å². The van der Waals surface area contributed by atoms with E-state index < -0.39 is 0 Å². The second kappa shape index (κ2) is 10.6. The standard InChI is InChI=1S/C33H30/c1-25-10-4-7-13-31(25)19-16-28-22-29(17-20-32-14-8-5-11-26(32)2)24-30(23-28)18-21-33-15-9-6-12-27(33)3/h4-24H,1-3H3. The Labute approximate surface area is 198 Å². The zero-order valence-corrected chi connectivity index (χ0v) is 19.6. The minimum Gasteiger partial charge on any atom is -0.0620 e. The lowest BCUT2D eigenvalue weighted by molar-refractivity contribution is 1.44. The maximum Gasteiger partial charge on any atom is -0.0227 e. The Bertz CT molecular complexity index is 1150. The average molecular weight is 427 g/mol. The molecule has 0 atom stereocenters. The molecule has 0 aliphatic heterocycles. The zero-order valence-electron chi connectivity index (χ0n) is 19.6. The topological polar surface area (TPSA) is 0 Å². The normalized spacial score (nSPS) is 11.7. The molecule has 0 heteroatoms. The Hall–Kier alpha value is -3.90. The minimum atomic E-state index is 1.19. The van der Waals surface area contributed by atoms with Crippen LogP contribution < -0.4 is 0 Å². The van der Waals surface area contributed by atoms with Crippen molar-refractivity contribution in [2.24, 2.45) is 0 Å². The molecule has 0 N–H and O–H groups in total. The van der Waals surface area contributed by atoms with Crippen LogP contribution in [0.15, 0.2) is 91.0 Å². The van der Waals surface area contributed by atoms with E-state index in [9.17, 15) is 0 Å². The number of rotatable bonds is 6. The molecule has 0 nitrogen and oxygen atoms in total. The molecule has 0 aliphatic rings. The van der Waals surface area contributed by atoms with Gasteiger partial charge in [-0.15, -0.1) is 0 Å². The molecule has 0 aromatic heterocycles. The summed E-state index contributed by atoms with van der Waals surface area (Å²) in [5.41, 5.74) is 11.2. The highest BCUT2D eigenvalue weighted by atomic mass is 14.0. The molecule has 0 saturated heterocycles. The van der Waals surface area contributed by atoms with Crippen molar-refractivity contribution in [1.82, 2.24) is 0 Å². The molecule has 162 valence electrons. The van der Waals surface area contributed by atoms with Crippen LogP contribution in [-0.2, 0) is 0 Å². The Morgan fingerprint density at radius 2 is 0.636 bits per heavy atom. The fourth-order valence-electron chi connectivity index (χ4n) is 3.87. The SMILES string of the molecule is Cc1ccccc1C=Cc1cc(C=Cc2ccccc2C)cc(C=Cc2ccccc2C)c1. The van der Waals surface area contributed by atoms with Gasteiger partial charge in [-0.2, -0.15) is 0 Å². The predicted molar refractivity (Wildman–Crippen MR) is 147 cm³/mol. The molecule has 0 radical (unpaired) electrons. The van der Waals surface area contributed by atoms with Crippen LogP contribution in [0.3, 0.4) is 0 Å². The van der Waals surface area contributed by atoms with E-state index in [0.717, 1.165) is 0 Å². The number of benzene rings is 4. The van der Waals surface area contributed by atoms with E-state index in [1.807, 2.05) is 0 Å². The summed E-state index contributed by atoms with van der Waals surface area (Å²) in [7, 11) is 0. The first-order valence-electron chi connectivity index (χ1n) is 11.4. The summed E-state index contributed by atoms with van der Waals surface area (Å²) in [5, 5.41) is 0. The fraction of sp³-hybridized carbons (Fsp3) is 0.0909. The van der Waals surface area contributed by atoms with Crippen molar-refractivity contribution in [3.8, 4) is 0 Å². The van der Waals surface area contributed by atoms with E-state index in [4.69, 9.17) is 0 Å². The van der Waals surface area contributed by atoms with Crippen LogP contribution in [0.1, 0.15) is 50.1 Å². The number of hydrogen-bond acceptors (Lipinski definition) is 0. The van der Waals surface area contributed by atoms with Gasteiger partial charge in [-0.3, -0.25) is 0 Å². The first-order chi connectivity index (χ1) is 16.1. The van der Waals surface area contributed by atoms with E-state index in [2.05, 4.69) is 148 Å². The van der Waals surface area contributed by atoms with Crippen molar-refractivity contribution in [2.75, 3.05) is 0 Å². The Morgan fingerprint density at radius 3 is 0.909 bits per heavy atom. The minimum absolute atomic E-state index is 1.19. The summed E-state index contributed by atoms with van der Waals surface area (Å²) in [6.07, 6.45) is 13.2. The molecule has 4 aromatic rings. The lowest BCUT2D eigenvalue weighted by Gasteiger charge is -2.05. The van der Waals surface area contributed by atoms with Crippen LogP contribution >= 0.6 is 0 Å². The maximum absolute atomic E-state index is 2.24. The van der Waals surface area contributed by atoms with Crippen LogP contribution in [0.5, 0.6) is 0 Å². The monoisotopic (exact) mass is 426 g/mol. The van der Waals surface area contributed by atoms with Crippen LogP contribution in [0, 0.1) is 20.8 Å². The van der Waals surface area contributed by atoms with Gasteiger partial charge < -0.3 is 0 Å². The van der Waals surface area contributed by atoms with E-state index in [-0.39, 0.29) is 0 Å². The fourth-order valence-corrected chi connectivity index (χ4v) is 3.87. The molecule has 4 rings (SSSR count). The first-order valence-corrected chi connectivity index (χ1v) is 11.4. The lowest BCUT2D eigenvalue weighted by Crippen LogP contribution is -1.84. The average Bonchev–Trinajstić information content (AvgIpc) is 2.82. The van der Waals surface area contributed by atoms with Crippen molar-refractivity contribution in [3.63, 3.8) is 0 Å². The van der Waals surface area contributed by atoms with Crippen molar-refractivity contribution >= 4 is 36.5 Å². The van der Waals surface area contributed by atoms with Crippen LogP contribution in [0.4, 0.5) is 0 Å². The molecule has 4 aromatic carbocycles. The van der Waals surface area contributed by atoms with Gasteiger partial charge in [0.1, 0.15) is 0 Å². The van der Waals surface area contributed by atoms with Crippen molar-refractivity contribution in [3.05, 3.63) is 141 Å². The van der Waals surface area contributed by atoms with E-state index >= 15 is 0 Å². The molecule has 0 aliphatic carbocycles. The third kappa shape index (κ3) is 6.08. The quantitative estimate of drug-likeness (QED) is 0.270. The Balaban J connectivity index is 1.70. The summed E-state index contributed by atoms with van der Waals surface area (Å²) >= 11 is 0. The van der Waals surface area contributed by atoms with E-state index in [0.29, 0.717) is 0 Å². The highest BCUT2D eigenvalue weighted by Gasteiger charge is 1.99. The summed E-state index contributed by atoms with van der Waals surface area (Å²) in [6.45, 7) is 6.45. The Kier molecular flexibility index (Phi) is 7.17. The zero-order chi connectivity index (χ0) is 23.0. The number of aryl methyl sites for hydroxylation is 3. The van der Waals surface area contributed by atoms with Gasteiger partial charge in [0.2, 0.25) is 0 Å². The van der Waals surface area contributed by atoms with Gasteiger partial charge in [0.25, 0.3) is 0 Å². The molecule has 33 heavy (non-hydrogen) atoms. The molecule has 0 amide bonds. The lowest BCUT2D eigenvalue weighted by atomic mass is 10.0. The van der Waals surface area contributed by atoms with Gasteiger partial charge in [0.05, 0.1) is 0 Å². The van der Waals surface area contributed by atoms with Gasteiger partial charge in [0, 0.05) is 0 Å². The van der Waals surface area contributed by atoms with Gasteiger partial charge >= 0.3 is 0 Å². The Morgan fingerprint density at radius 1 is 0.364 bits per heavy atom. The van der Waals surface area contributed by atoms with Gasteiger partial charge in [0.15, 0.2) is 0 Å². The summed E-state index contributed by atoms with van der Waals surface area (Å²) < 4.78 is 0. The molecule has 0 unspecified atom stereocenters. The van der Waals surface area contributed by atoms with Crippen molar-refractivity contribution in [1.29, 1.82) is 0 Å².